The van der Waals surface area contributed by atoms with Crippen LogP contribution < -0.4 is 10.5 Å². The van der Waals surface area contributed by atoms with Gasteiger partial charge in [-0.25, -0.2) is 19.7 Å². The largest absolute Gasteiger partial charge is 0.457 e. The number of carbonyl (C=O) groups is 1. The second kappa shape index (κ2) is 10.4. The van der Waals surface area contributed by atoms with E-state index < -0.39 is 0 Å². The minimum absolute atomic E-state index is 0.0128. The summed E-state index contributed by atoms with van der Waals surface area (Å²) in [6.07, 6.45) is 4.67. The Balaban J connectivity index is 1.48. The van der Waals surface area contributed by atoms with Crippen LogP contribution in [0.25, 0.3) is 22.3 Å². The van der Waals surface area contributed by atoms with E-state index in [1.165, 1.54) is 12.4 Å². The Labute approximate surface area is 216 Å². The molecule has 1 aliphatic heterocycles. The van der Waals surface area contributed by atoms with Gasteiger partial charge >= 0.3 is 0 Å². The van der Waals surface area contributed by atoms with Crippen molar-refractivity contribution in [2.45, 2.75) is 38.8 Å². The van der Waals surface area contributed by atoms with Gasteiger partial charge in [0.05, 0.1) is 11.4 Å². The van der Waals surface area contributed by atoms with E-state index >= 15 is 0 Å². The number of hydrogen-bond acceptors (Lipinski definition) is 7. The number of carbonyl (C=O) groups excluding carboxylic acids is 1. The first-order valence-corrected chi connectivity index (χ1v) is 12.5. The number of para-hydroxylation sites is 1. The summed E-state index contributed by atoms with van der Waals surface area (Å²) in [7, 11) is 0. The number of nitrogens with zero attached hydrogens (tertiary/aromatic N) is 6. The predicted octanol–water partition coefficient (Wildman–Crippen LogP) is 4.84. The zero-order chi connectivity index (χ0) is 25.9. The third-order valence-electron chi connectivity index (χ3n) is 6.54. The van der Waals surface area contributed by atoms with Crippen molar-refractivity contribution in [3.8, 4) is 22.8 Å². The van der Waals surface area contributed by atoms with Gasteiger partial charge in [0.15, 0.2) is 5.65 Å². The zero-order valence-corrected chi connectivity index (χ0v) is 21.1. The Morgan fingerprint density at radius 2 is 1.86 bits per heavy atom. The highest BCUT2D eigenvalue weighted by Crippen LogP contribution is 2.35. The number of hydrazine groups is 1. The molecule has 2 aromatic carbocycles. The normalized spacial score (nSPS) is 16.1. The fraction of sp³-hybridized carbons (Fsp3) is 0.286. The van der Waals surface area contributed by atoms with Crippen molar-refractivity contribution in [1.82, 2.24) is 29.8 Å². The zero-order valence-electron chi connectivity index (χ0n) is 21.1. The lowest BCUT2D eigenvalue weighted by Gasteiger charge is -2.42. The third kappa shape index (κ3) is 4.90. The highest BCUT2D eigenvalue weighted by atomic mass is 16.5. The number of benzene rings is 2. The number of piperidine rings is 1. The van der Waals surface area contributed by atoms with Crippen LogP contribution in [-0.2, 0) is 4.79 Å². The molecule has 0 spiro atoms. The average Bonchev–Trinajstić information content (AvgIpc) is 3.31. The Kier molecular flexibility index (Phi) is 6.87. The van der Waals surface area contributed by atoms with Crippen LogP contribution in [0.2, 0.25) is 0 Å². The van der Waals surface area contributed by atoms with Gasteiger partial charge in [-0.05, 0) is 69.2 Å². The van der Waals surface area contributed by atoms with Crippen LogP contribution >= 0.6 is 0 Å². The molecule has 1 aliphatic rings. The number of nitrogen functional groups attached to an aromatic ring is 1. The van der Waals surface area contributed by atoms with Crippen LogP contribution in [0.3, 0.4) is 0 Å². The van der Waals surface area contributed by atoms with Gasteiger partial charge in [-0.1, -0.05) is 24.8 Å². The topological polar surface area (TPSA) is 102 Å². The summed E-state index contributed by atoms with van der Waals surface area (Å²) in [5, 5.41) is 9.60. The van der Waals surface area contributed by atoms with Crippen LogP contribution in [0.4, 0.5) is 5.82 Å². The molecule has 0 aliphatic carbocycles. The molecule has 1 amide bonds. The summed E-state index contributed by atoms with van der Waals surface area (Å²) < 4.78 is 7.89. The van der Waals surface area contributed by atoms with Crippen molar-refractivity contribution in [3.63, 3.8) is 0 Å². The first-order chi connectivity index (χ1) is 18.0. The van der Waals surface area contributed by atoms with Gasteiger partial charge in [0.1, 0.15) is 29.3 Å². The first kappa shape index (κ1) is 24.5. The van der Waals surface area contributed by atoms with E-state index in [1.54, 1.807) is 5.01 Å². The standard InChI is InChI=1S/C28H31N7O2/c1-4-24(36)35(19(2)3)33-16-8-9-21(17-33)34-28-25(27(29)30-18-31-28)26(32-34)20-12-14-23(15-13-20)37-22-10-6-5-7-11-22/h4-7,10-15,18-19,21H,1,8-9,16-17H2,2-3H3,(H2,29,30,31). The Morgan fingerprint density at radius 3 is 2.57 bits per heavy atom. The molecule has 0 radical (unpaired) electrons. The predicted molar refractivity (Wildman–Crippen MR) is 144 cm³/mol. The maximum absolute atomic E-state index is 12.6. The number of hydrogen-bond donors (Lipinski definition) is 1. The minimum Gasteiger partial charge on any atom is -0.457 e. The van der Waals surface area contributed by atoms with Crippen LogP contribution in [0.1, 0.15) is 32.7 Å². The number of fused-ring (bicyclic) bond motifs is 1. The lowest BCUT2D eigenvalue weighted by molar-refractivity contribution is -0.151. The summed E-state index contributed by atoms with van der Waals surface area (Å²) in [5.41, 5.74) is 8.64. The van der Waals surface area contributed by atoms with E-state index in [4.69, 9.17) is 15.6 Å². The number of anilines is 1. The van der Waals surface area contributed by atoms with E-state index in [0.29, 0.717) is 18.0 Å². The summed E-state index contributed by atoms with van der Waals surface area (Å²) in [6.45, 7) is 9.11. The molecule has 1 unspecified atom stereocenters. The van der Waals surface area contributed by atoms with Crippen molar-refractivity contribution in [2.24, 2.45) is 0 Å². The number of ether oxygens (including phenoxy) is 1. The molecule has 37 heavy (non-hydrogen) atoms. The van der Waals surface area contributed by atoms with Gasteiger partial charge in [-0.3, -0.25) is 9.80 Å². The second-order valence-corrected chi connectivity index (χ2v) is 9.38. The number of amides is 1. The lowest BCUT2D eigenvalue weighted by atomic mass is 10.1. The van der Waals surface area contributed by atoms with Crippen molar-refractivity contribution in [3.05, 3.63) is 73.6 Å². The monoisotopic (exact) mass is 497 g/mol. The Bertz CT molecular complexity index is 1400. The molecule has 9 nitrogen and oxygen atoms in total. The van der Waals surface area contributed by atoms with E-state index in [0.717, 1.165) is 47.5 Å². The smallest absolute Gasteiger partial charge is 0.260 e. The molecule has 0 bridgehead atoms. The molecule has 3 heterocycles. The lowest BCUT2D eigenvalue weighted by Crippen LogP contribution is -2.53. The Hall–Kier alpha value is -4.24. The quantitative estimate of drug-likeness (QED) is 0.364. The van der Waals surface area contributed by atoms with Gasteiger partial charge in [0, 0.05) is 24.7 Å². The van der Waals surface area contributed by atoms with Crippen LogP contribution in [-0.4, -0.2) is 54.8 Å². The molecule has 9 heteroatoms. The van der Waals surface area contributed by atoms with Crippen molar-refractivity contribution in [2.75, 3.05) is 18.8 Å². The van der Waals surface area contributed by atoms with E-state index in [9.17, 15) is 4.79 Å². The molecular weight excluding hydrogens is 466 g/mol. The molecule has 2 N–H and O–H groups in total. The molecular formula is C28H31N7O2. The second-order valence-electron chi connectivity index (χ2n) is 9.38. The highest BCUT2D eigenvalue weighted by Gasteiger charge is 2.31. The van der Waals surface area contributed by atoms with Gasteiger partial charge < -0.3 is 10.5 Å². The third-order valence-corrected chi connectivity index (χ3v) is 6.54. The summed E-state index contributed by atoms with van der Waals surface area (Å²) in [6, 6.07) is 17.4. The fourth-order valence-corrected chi connectivity index (χ4v) is 4.90. The number of rotatable bonds is 7. The van der Waals surface area contributed by atoms with E-state index in [-0.39, 0.29) is 18.0 Å². The van der Waals surface area contributed by atoms with Gasteiger partial charge in [-0.15, -0.1) is 0 Å². The molecule has 2 aromatic heterocycles. The molecule has 190 valence electrons. The highest BCUT2D eigenvalue weighted by molar-refractivity contribution is 5.98. The van der Waals surface area contributed by atoms with Crippen LogP contribution in [0.5, 0.6) is 11.5 Å². The molecule has 5 rings (SSSR count). The average molecular weight is 498 g/mol. The minimum atomic E-state index is -0.106. The fourth-order valence-electron chi connectivity index (χ4n) is 4.90. The summed E-state index contributed by atoms with van der Waals surface area (Å²) in [4.78, 5) is 21.4. The van der Waals surface area contributed by atoms with Crippen molar-refractivity contribution < 1.29 is 9.53 Å². The molecule has 0 saturated carbocycles. The summed E-state index contributed by atoms with van der Waals surface area (Å²) in [5.74, 6) is 1.78. The number of nitrogens with two attached hydrogens (primary N) is 1. The molecule has 1 saturated heterocycles. The molecule has 4 aromatic rings. The SMILES string of the molecule is C=CC(=O)N(C(C)C)N1CCCC(n2nc(-c3ccc(Oc4ccccc4)cc3)c3c(N)ncnc32)C1. The van der Waals surface area contributed by atoms with Gasteiger partial charge in [0.25, 0.3) is 5.91 Å². The first-order valence-electron chi connectivity index (χ1n) is 12.5. The number of aromatic nitrogens is 4. The van der Waals surface area contributed by atoms with Crippen molar-refractivity contribution >= 4 is 22.8 Å². The Morgan fingerprint density at radius 1 is 1.14 bits per heavy atom. The van der Waals surface area contributed by atoms with Crippen molar-refractivity contribution in [1.29, 1.82) is 0 Å². The molecule has 1 fully saturated rings. The van der Waals surface area contributed by atoms with Gasteiger partial charge in [0.2, 0.25) is 0 Å². The maximum Gasteiger partial charge on any atom is 0.260 e. The summed E-state index contributed by atoms with van der Waals surface area (Å²) >= 11 is 0. The van der Waals surface area contributed by atoms with Crippen LogP contribution in [0, 0.1) is 0 Å². The molecule has 1 atom stereocenters. The van der Waals surface area contributed by atoms with Crippen LogP contribution in [0.15, 0.2) is 73.6 Å². The van der Waals surface area contributed by atoms with E-state index in [1.807, 2.05) is 73.1 Å². The maximum atomic E-state index is 12.6. The van der Waals surface area contributed by atoms with Gasteiger partial charge in [-0.2, -0.15) is 5.10 Å². The van der Waals surface area contributed by atoms with E-state index in [2.05, 4.69) is 21.6 Å².